The van der Waals surface area contributed by atoms with Gasteiger partial charge in [0.1, 0.15) is 19.8 Å². The molecule has 0 amide bonds. The van der Waals surface area contributed by atoms with Crippen LogP contribution in [0.4, 0.5) is 0 Å². The van der Waals surface area contributed by atoms with E-state index in [-0.39, 0.29) is 32.2 Å². The molecule has 1 unspecified atom stereocenters. The zero-order valence-electron chi connectivity index (χ0n) is 36.9. The molecule has 0 aliphatic rings. The number of allylic oxidation sites excluding steroid dienone is 7. The minimum atomic E-state index is -4.65. The van der Waals surface area contributed by atoms with Gasteiger partial charge in [0.15, 0.2) is 6.10 Å². The van der Waals surface area contributed by atoms with Crippen molar-refractivity contribution in [2.75, 3.05) is 47.5 Å². The lowest BCUT2D eigenvalue weighted by Gasteiger charge is -2.28. The molecule has 0 aliphatic heterocycles. The SMILES string of the molecule is CCCCCCCCCCCCCCCCCC(=O)OC[C@H](COP(=O)([O-])OCC[N+](C)(C)C)OC(=O)CCCC=CCC=CCC=CC=C[C@@H](O)CCCCC. The van der Waals surface area contributed by atoms with Gasteiger partial charge in [-0.25, -0.2) is 0 Å². The Morgan fingerprint density at radius 2 is 1.18 bits per heavy atom. The van der Waals surface area contributed by atoms with Crippen LogP contribution in [0.25, 0.3) is 0 Å². The van der Waals surface area contributed by atoms with Crippen molar-refractivity contribution in [2.45, 2.75) is 187 Å². The molecule has 0 aliphatic carbocycles. The molecule has 3 atom stereocenters. The van der Waals surface area contributed by atoms with E-state index < -0.39 is 32.5 Å². The van der Waals surface area contributed by atoms with Gasteiger partial charge in [0.25, 0.3) is 7.82 Å². The highest BCUT2D eigenvalue weighted by Crippen LogP contribution is 2.38. The quantitative estimate of drug-likeness (QED) is 0.0160. The van der Waals surface area contributed by atoms with Gasteiger partial charge < -0.3 is 33.0 Å². The van der Waals surface area contributed by atoms with Crippen molar-refractivity contribution in [2.24, 2.45) is 0 Å². The van der Waals surface area contributed by atoms with E-state index in [1.807, 2.05) is 57.6 Å². The average Bonchev–Trinajstić information content (AvgIpc) is 3.15. The first-order valence-electron chi connectivity index (χ1n) is 22.5. The van der Waals surface area contributed by atoms with Crippen molar-refractivity contribution in [3.8, 4) is 0 Å². The first kappa shape index (κ1) is 54.9. The molecule has 0 saturated heterocycles. The number of unbranched alkanes of at least 4 members (excludes halogenated alkanes) is 17. The lowest BCUT2D eigenvalue weighted by atomic mass is 10.0. The number of esters is 2. The highest BCUT2D eigenvalue weighted by atomic mass is 31.2. The second kappa shape index (κ2) is 38.2. The molecule has 0 aromatic heterocycles. The molecule has 10 nitrogen and oxygen atoms in total. The van der Waals surface area contributed by atoms with Gasteiger partial charge in [-0.15, -0.1) is 0 Å². The molecule has 0 spiro atoms. The van der Waals surface area contributed by atoms with E-state index in [1.54, 1.807) is 0 Å². The molecule has 0 radical (unpaired) electrons. The first-order valence-corrected chi connectivity index (χ1v) is 23.9. The number of aliphatic hydroxyl groups excluding tert-OH is 1. The van der Waals surface area contributed by atoms with Crippen molar-refractivity contribution < 1.29 is 47.2 Å². The Bertz CT molecular complexity index is 1130. The van der Waals surface area contributed by atoms with E-state index in [1.165, 1.54) is 77.0 Å². The van der Waals surface area contributed by atoms with E-state index in [9.17, 15) is 24.2 Å². The molecule has 0 fully saturated rings. The lowest BCUT2D eigenvalue weighted by molar-refractivity contribution is -0.870. The van der Waals surface area contributed by atoms with Crippen molar-refractivity contribution >= 4 is 19.8 Å². The van der Waals surface area contributed by atoms with Crippen LogP contribution in [0.2, 0.25) is 0 Å². The van der Waals surface area contributed by atoms with Gasteiger partial charge >= 0.3 is 11.9 Å². The molecule has 0 saturated carbocycles. The zero-order chi connectivity index (χ0) is 42.3. The summed E-state index contributed by atoms with van der Waals surface area (Å²) in [7, 11) is 1.10. The number of hydrogen-bond donors (Lipinski definition) is 1. The summed E-state index contributed by atoms with van der Waals surface area (Å²) >= 11 is 0. The number of aliphatic hydroxyl groups is 1. The Labute approximate surface area is 348 Å². The van der Waals surface area contributed by atoms with Gasteiger partial charge in [-0.3, -0.25) is 14.2 Å². The normalized spacial score (nSPS) is 14.6. The van der Waals surface area contributed by atoms with E-state index in [2.05, 4.69) is 26.0 Å². The fourth-order valence-corrected chi connectivity index (χ4v) is 6.60. The number of ether oxygens (including phenoxy) is 2. The number of phosphoric acid groups is 1. The van der Waals surface area contributed by atoms with Crippen molar-refractivity contribution in [1.29, 1.82) is 0 Å². The molecule has 1 N–H and O–H groups in total. The number of nitrogens with zero attached hydrogens (tertiary/aromatic N) is 1. The fourth-order valence-electron chi connectivity index (χ4n) is 5.88. The van der Waals surface area contributed by atoms with E-state index in [0.29, 0.717) is 23.9 Å². The molecule has 332 valence electrons. The highest BCUT2D eigenvalue weighted by molar-refractivity contribution is 7.45. The Hall–Kier alpha value is -2.07. The van der Waals surface area contributed by atoms with Crippen LogP contribution in [-0.2, 0) is 32.7 Å². The smallest absolute Gasteiger partial charge is 0.306 e. The van der Waals surface area contributed by atoms with Gasteiger partial charge in [0.05, 0.1) is 33.9 Å². The third kappa shape index (κ3) is 41.9. The number of carbonyl (C=O) groups excluding carboxylic acids is 2. The Morgan fingerprint density at radius 3 is 1.77 bits per heavy atom. The maximum Gasteiger partial charge on any atom is 0.306 e. The summed E-state index contributed by atoms with van der Waals surface area (Å²) in [6, 6.07) is 0. The number of hydrogen-bond acceptors (Lipinski definition) is 9. The summed E-state index contributed by atoms with van der Waals surface area (Å²) in [6.45, 7) is 4.02. The number of phosphoric ester groups is 1. The molecule has 11 heteroatoms. The Morgan fingerprint density at radius 1 is 0.649 bits per heavy atom. The van der Waals surface area contributed by atoms with E-state index in [0.717, 1.165) is 57.8 Å². The zero-order valence-corrected chi connectivity index (χ0v) is 37.8. The first-order chi connectivity index (χ1) is 27.4. The summed E-state index contributed by atoms with van der Waals surface area (Å²) in [6.07, 6.45) is 40.4. The van der Waals surface area contributed by atoms with Crippen molar-refractivity contribution in [3.05, 3.63) is 48.6 Å². The summed E-state index contributed by atoms with van der Waals surface area (Å²) in [5, 5.41) is 9.91. The predicted octanol–water partition coefficient (Wildman–Crippen LogP) is 11.0. The van der Waals surface area contributed by atoms with Crippen LogP contribution < -0.4 is 4.89 Å². The standard InChI is InChI=1S/C46H84NO9P/c1-6-8-10-11-12-13-14-15-16-17-20-23-26-29-33-37-45(49)53-41-44(42-55-57(51,52)54-40-39-47(3,4)5)56-46(50)38-34-30-27-24-21-18-19-22-25-28-32-36-43(48)35-31-9-7-2/h18-19,24-25,27-28,32,36,43-44,48H,6-17,20-23,26,29-31,33-35,37-42H2,1-5H3/t43-,44+/m0/s1. The highest BCUT2D eigenvalue weighted by Gasteiger charge is 2.21. The summed E-state index contributed by atoms with van der Waals surface area (Å²) < 4.78 is 33.8. The van der Waals surface area contributed by atoms with E-state index in [4.69, 9.17) is 18.5 Å². The van der Waals surface area contributed by atoms with Crippen LogP contribution in [0.15, 0.2) is 48.6 Å². The summed E-state index contributed by atoms with van der Waals surface area (Å²) in [5.41, 5.74) is 0. The van der Waals surface area contributed by atoms with Gasteiger partial charge in [-0.05, 0) is 38.5 Å². The lowest BCUT2D eigenvalue weighted by Crippen LogP contribution is -2.37. The number of rotatable bonds is 40. The van der Waals surface area contributed by atoms with Gasteiger partial charge in [0.2, 0.25) is 0 Å². The minimum Gasteiger partial charge on any atom is -0.756 e. The monoisotopic (exact) mass is 826 g/mol. The van der Waals surface area contributed by atoms with Gasteiger partial charge in [0, 0.05) is 12.8 Å². The Balaban J connectivity index is 4.49. The summed E-state index contributed by atoms with van der Waals surface area (Å²) in [4.78, 5) is 37.5. The Kier molecular flexibility index (Phi) is 36.8. The van der Waals surface area contributed by atoms with Crippen LogP contribution >= 0.6 is 7.82 Å². The second-order valence-corrected chi connectivity index (χ2v) is 17.7. The summed E-state index contributed by atoms with van der Waals surface area (Å²) in [5.74, 6) is -0.924. The fraction of sp³-hybridized carbons (Fsp3) is 0.783. The topological polar surface area (TPSA) is 131 Å². The largest absolute Gasteiger partial charge is 0.756 e. The predicted molar refractivity (Wildman–Crippen MR) is 233 cm³/mol. The molecular weight excluding hydrogens is 741 g/mol. The maximum atomic E-state index is 12.7. The maximum absolute atomic E-state index is 12.7. The molecular formula is C46H84NO9P. The number of quaternary nitrogens is 1. The second-order valence-electron chi connectivity index (χ2n) is 16.3. The van der Waals surface area contributed by atoms with Crippen LogP contribution in [0.3, 0.4) is 0 Å². The average molecular weight is 826 g/mol. The van der Waals surface area contributed by atoms with Crippen LogP contribution in [-0.4, -0.2) is 81.2 Å². The van der Waals surface area contributed by atoms with Gasteiger partial charge in [-0.2, -0.15) is 0 Å². The van der Waals surface area contributed by atoms with Crippen molar-refractivity contribution in [1.82, 2.24) is 0 Å². The third-order valence-corrected chi connectivity index (χ3v) is 10.4. The molecule has 0 rings (SSSR count). The van der Waals surface area contributed by atoms with Crippen LogP contribution in [0.1, 0.15) is 174 Å². The molecule has 0 bridgehead atoms. The van der Waals surface area contributed by atoms with Crippen LogP contribution in [0.5, 0.6) is 0 Å². The number of likely N-dealkylation sites (N-methyl/N-ethyl adjacent to an activating group) is 1. The number of carbonyl (C=O) groups is 2. The van der Waals surface area contributed by atoms with Crippen molar-refractivity contribution in [3.63, 3.8) is 0 Å². The van der Waals surface area contributed by atoms with Crippen LogP contribution in [0, 0.1) is 0 Å². The minimum absolute atomic E-state index is 0.0496. The molecule has 0 heterocycles. The molecule has 0 aromatic rings. The molecule has 0 aromatic carbocycles. The van der Waals surface area contributed by atoms with Gasteiger partial charge in [-0.1, -0.05) is 172 Å². The van der Waals surface area contributed by atoms with E-state index >= 15 is 0 Å². The molecule has 57 heavy (non-hydrogen) atoms. The third-order valence-electron chi connectivity index (χ3n) is 9.46.